The van der Waals surface area contributed by atoms with Crippen LogP contribution in [0, 0.1) is 11.9 Å². The van der Waals surface area contributed by atoms with Crippen molar-refractivity contribution in [2.45, 2.75) is 51.0 Å². The predicted molar refractivity (Wildman–Crippen MR) is 156 cm³/mol. The van der Waals surface area contributed by atoms with Crippen molar-refractivity contribution < 1.29 is 24.5 Å². The Hall–Kier alpha value is -2.53. The fourth-order valence-corrected chi connectivity index (χ4v) is 13.2. The van der Waals surface area contributed by atoms with E-state index in [9.17, 15) is 4.39 Å². The molecule has 1 aliphatic heterocycles. The molecule has 195 valence electrons. The Morgan fingerprint density at radius 2 is 1.53 bits per heavy atom. The van der Waals surface area contributed by atoms with Gasteiger partial charge in [0, 0.05) is 20.1 Å². The molecule has 0 saturated heterocycles. The maximum absolute atomic E-state index is 14.4. The topological polar surface area (TPSA) is 17.8 Å². The van der Waals surface area contributed by atoms with Crippen LogP contribution in [0.25, 0.3) is 39.2 Å². The number of imidazole rings is 1. The molecule has 4 aromatic carbocycles. The Morgan fingerprint density at radius 1 is 0.842 bits per heavy atom. The maximum Gasteiger partial charge on any atom is 0 e. The number of fused-ring (bicyclic) bond motifs is 4. The van der Waals surface area contributed by atoms with Crippen LogP contribution < -0.4 is 8.79 Å². The number of para-hydroxylation sites is 3. The summed E-state index contributed by atoms with van der Waals surface area (Å²) in [5.41, 5.74) is 9.38. The van der Waals surface area contributed by atoms with Crippen LogP contribution >= 0.6 is 0 Å². The second-order valence-electron chi connectivity index (χ2n) is 11.3. The van der Waals surface area contributed by atoms with Crippen LogP contribution in [0.2, 0.25) is 11.5 Å². The predicted octanol–water partition coefficient (Wildman–Crippen LogP) is 7.68. The molecule has 0 N–H and O–H groups in total. The summed E-state index contributed by atoms with van der Waals surface area (Å²) in [6.45, 7) is 9.05. The van der Waals surface area contributed by atoms with Crippen LogP contribution in [0.1, 0.15) is 50.7 Å². The number of aromatic nitrogens is 2. The Bertz CT molecular complexity index is 1660. The third-order valence-electron chi connectivity index (χ3n) is 7.92. The molecule has 5 aromatic rings. The van der Waals surface area contributed by atoms with Crippen LogP contribution in [-0.4, -0.2) is 22.8 Å². The van der Waals surface area contributed by atoms with E-state index >= 15 is 0 Å². The van der Waals surface area contributed by atoms with Gasteiger partial charge in [-0.3, -0.25) is 0 Å². The summed E-state index contributed by atoms with van der Waals surface area (Å²) in [5, 5.41) is 0. The Balaban J connectivity index is 0.00000294. The smallest absolute Gasteiger partial charge is 0 e. The average Bonchev–Trinajstić information content (AvgIpc) is 3.36. The van der Waals surface area contributed by atoms with Gasteiger partial charge in [-0.2, -0.15) is 0 Å². The van der Waals surface area contributed by atoms with E-state index in [1.54, 1.807) is 12.1 Å². The first-order valence-corrected chi connectivity index (χ1v) is 19.5. The van der Waals surface area contributed by atoms with Crippen molar-refractivity contribution in [3.8, 4) is 28.2 Å². The minimum atomic E-state index is -2.85. The van der Waals surface area contributed by atoms with E-state index in [-0.39, 0.29) is 25.9 Å². The molecule has 6 rings (SSSR count). The second kappa shape index (κ2) is 9.90. The number of hydrogen-bond acceptors (Lipinski definition) is 1. The summed E-state index contributed by atoms with van der Waals surface area (Å²) in [5.74, 6) is 6.23. The number of benzene rings is 4. The van der Waals surface area contributed by atoms with Crippen LogP contribution in [-0.2, 0) is 20.1 Å². The van der Waals surface area contributed by atoms with Crippen molar-refractivity contribution in [1.82, 2.24) is 9.55 Å². The van der Waals surface area contributed by atoms with E-state index < -0.39 is 13.3 Å². The van der Waals surface area contributed by atoms with E-state index in [1.807, 2.05) is 12.1 Å². The molecule has 2 heterocycles. The number of nitrogens with zero attached hydrogens (tertiary/aromatic N) is 2. The minimum absolute atomic E-state index is 0. The van der Waals surface area contributed by atoms with Crippen molar-refractivity contribution in [3.05, 3.63) is 95.8 Å². The Morgan fingerprint density at radius 3 is 2.21 bits per heavy atom. The minimum Gasteiger partial charge on any atom is 0 e. The quantitative estimate of drug-likeness (QED) is 0.137. The maximum atomic E-state index is 14.4. The molecule has 0 amide bonds. The van der Waals surface area contributed by atoms with Crippen LogP contribution in [0.4, 0.5) is 4.39 Å². The normalized spacial score (nSPS) is 13.6. The molecule has 0 fully saturated rings. The van der Waals surface area contributed by atoms with Gasteiger partial charge in [-0.1, -0.05) is 0 Å². The Kier molecular flexibility index (Phi) is 7.05. The van der Waals surface area contributed by atoms with Gasteiger partial charge >= 0.3 is 222 Å². The van der Waals surface area contributed by atoms with Crippen LogP contribution in [0.5, 0.6) is 0 Å². The van der Waals surface area contributed by atoms with Gasteiger partial charge in [-0.05, 0) is 0 Å². The van der Waals surface area contributed by atoms with Gasteiger partial charge in [0.05, 0.1) is 0 Å². The summed E-state index contributed by atoms with van der Waals surface area (Å²) in [7, 11) is 0. The molecule has 0 saturated carbocycles. The van der Waals surface area contributed by atoms with Gasteiger partial charge < -0.3 is 0 Å². The molecule has 0 spiro atoms. The summed E-state index contributed by atoms with van der Waals surface area (Å²) < 4.78 is 19.3. The zero-order chi connectivity index (χ0) is 26.1. The Labute approximate surface area is 241 Å². The molecule has 0 aliphatic carbocycles. The largest absolute Gasteiger partial charge is 0 e. The molecular weight excluding hydrogens is 708 g/mol. The molecule has 1 radical (unpaired) electrons. The summed E-state index contributed by atoms with van der Waals surface area (Å²) in [4.78, 5) is 5.27. The fraction of sp³-hybridized carbons (Fsp3) is 0.242. The summed E-state index contributed by atoms with van der Waals surface area (Å²) in [6.07, 6.45) is 0. The second-order valence-corrected chi connectivity index (χ2v) is 20.3. The first-order valence-electron chi connectivity index (χ1n) is 13.2. The van der Waals surface area contributed by atoms with Gasteiger partial charge in [0.25, 0.3) is 0 Å². The van der Waals surface area contributed by atoms with E-state index in [4.69, 9.17) is 4.98 Å². The first-order chi connectivity index (χ1) is 17.7. The molecule has 1 aromatic heterocycles. The van der Waals surface area contributed by atoms with Crippen molar-refractivity contribution in [2.24, 2.45) is 0 Å². The zero-order valence-corrected chi connectivity index (χ0v) is 27.2. The van der Waals surface area contributed by atoms with Crippen molar-refractivity contribution in [2.75, 3.05) is 0 Å². The molecule has 38 heavy (non-hydrogen) atoms. The molecule has 5 heteroatoms. The monoisotopic (exact) mass is 742 g/mol. The van der Waals surface area contributed by atoms with Crippen molar-refractivity contribution >= 4 is 33.1 Å². The number of halogens is 1. The third kappa shape index (κ3) is 4.04. The van der Waals surface area contributed by atoms with E-state index in [0.29, 0.717) is 11.8 Å². The summed E-state index contributed by atoms with van der Waals surface area (Å²) in [6, 6.07) is 28.2. The van der Waals surface area contributed by atoms with Gasteiger partial charge in [0.15, 0.2) is 0 Å². The fourth-order valence-electron chi connectivity index (χ4n) is 6.14. The third-order valence-corrected chi connectivity index (χ3v) is 15.3. The van der Waals surface area contributed by atoms with Crippen LogP contribution in [0.15, 0.2) is 72.8 Å². The number of rotatable bonds is 4. The van der Waals surface area contributed by atoms with E-state index in [0.717, 1.165) is 22.4 Å². The molecule has 0 unspecified atom stereocenters. The SMILES string of the molecule is CC(C)c1cccc(C(C)C)c1-n1c(-c2[c-]ccc3[c]2[Ge]([CH3])([CH3])[c]2cc(F)ccc2-3)nc2ccccc21.[Ir]. The van der Waals surface area contributed by atoms with Gasteiger partial charge in [0.1, 0.15) is 0 Å². The van der Waals surface area contributed by atoms with Gasteiger partial charge in [0.2, 0.25) is 0 Å². The van der Waals surface area contributed by atoms with Gasteiger partial charge in [-0.25, -0.2) is 0 Å². The number of hydrogen-bond donors (Lipinski definition) is 0. The summed E-state index contributed by atoms with van der Waals surface area (Å²) >= 11 is -2.85. The average molecular weight is 740 g/mol. The van der Waals surface area contributed by atoms with E-state index in [1.165, 1.54) is 36.7 Å². The molecule has 1 aliphatic rings. The van der Waals surface area contributed by atoms with Gasteiger partial charge in [-0.15, -0.1) is 0 Å². The molecular formula is C33H32FGeIrN2-. The zero-order valence-electron chi connectivity index (χ0n) is 22.7. The first kappa shape index (κ1) is 27.1. The molecule has 0 atom stereocenters. The molecule has 0 bridgehead atoms. The van der Waals surface area contributed by atoms with E-state index in [2.05, 4.69) is 98.4 Å². The van der Waals surface area contributed by atoms with Crippen LogP contribution in [0.3, 0.4) is 0 Å². The van der Waals surface area contributed by atoms with Crippen molar-refractivity contribution in [3.63, 3.8) is 0 Å². The standard InChI is InChI=1S/C33H32FGeN2.Ir/c1-20(2)23-11-9-12-24(21(3)4)32(23)37-30-16-8-7-15-29(30)36-33(37)27-14-10-13-26-25-18-17-22(34)19-28(25)35(5,6)31(26)27;/h7-13,15-21H,1-6H3;/q-1;. The van der Waals surface area contributed by atoms with Crippen molar-refractivity contribution in [1.29, 1.82) is 0 Å². The molecule has 2 nitrogen and oxygen atoms in total.